The summed E-state index contributed by atoms with van der Waals surface area (Å²) in [5.74, 6) is 0. The molecule has 3 nitrogen and oxygen atoms in total. The zero-order valence-corrected chi connectivity index (χ0v) is 27.8. The van der Waals surface area contributed by atoms with E-state index in [0.717, 1.165) is 66.8 Å². The molecule has 0 bridgehead atoms. The van der Waals surface area contributed by atoms with E-state index in [4.69, 9.17) is 4.42 Å². The van der Waals surface area contributed by atoms with E-state index in [1.54, 1.807) is 0 Å². The maximum absolute atomic E-state index is 6.38. The average Bonchev–Trinajstić information content (AvgIpc) is 3.74. The number of nitrogens with one attached hydrogen (secondary N) is 1. The van der Waals surface area contributed by atoms with Gasteiger partial charge in [0.05, 0.1) is 11.0 Å². The third kappa shape index (κ3) is 4.98. The summed E-state index contributed by atoms with van der Waals surface area (Å²) in [5, 5.41) is 8.42. The molecule has 0 radical (unpaired) electrons. The standard InChI is InChI=1S/C48H32N2O/c1-4-12-32(13-5-1)33-20-24-37(25-21-33)49-42-26-22-35(30-40(42)34-14-6-2-7-15-34)36-23-27-43-41(31-36)47-44(50(43)38-16-8-3-9-17-38)28-29-46-48(47)39-18-10-11-19-45(39)51-46/h1-31,49H. The van der Waals surface area contributed by atoms with Gasteiger partial charge in [-0.3, -0.25) is 0 Å². The third-order valence-electron chi connectivity index (χ3n) is 9.99. The van der Waals surface area contributed by atoms with Crippen LogP contribution in [-0.4, -0.2) is 4.57 Å². The van der Waals surface area contributed by atoms with E-state index in [1.807, 2.05) is 6.07 Å². The van der Waals surface area contributed by atoms with Gasteiger partial charge in [0.1, 0.15) is 11.2 Å². The Balaban J connectivity index is 1.14. The van der Waals surface area contributed by atoms with Crippen molar-refractivity contribution in [3.05, 3.63) is 188 Å². The summed E-state index contributed by atoms with van der Waals surface area (Å²) in [7, 11) is 0. The smallest absolute Gasteiger partial charge is 0.136 e. The van der Waals surface area contributed by atoms with Gasteiger partial charge in [-0.05, 0) is 94.5 Å². The zero-order valence-electron chi connectivity index (χ0n) is 27.8. The number of furan rings is 1. The van der Waals surface area contributed by atoms with Crippen LogP contribution in [0, 0.1) is 0 Å². The van der Waals surface area contributed by atoms with E-state index in [1.165, 1.54) is 27.4 Å². The molecule has 10 aromatic rings. The van der Waals surface area contributed by atoms with Crippen LogP contribution in [0.1, 0.15) is 0 Å². The predicted molar refractivity (Wildman–Crippen MR) is 214 cm³/mol. The molecule has 0 aliphatic rings. The molecule has 0 amide bonds. The second-order valence-corrected chi connectivity index (χ2v) is 13.0. The number of hydrogen-bond acceptors (Lipinski definition) is 2. The van der Waals surface area contributed by atoms with Crippen LogP contribution in [0.15, 0.2) is 192 Å². The summed E-state index contributed by atoms with van der Waals surface area (Å²) in [6, 6.07) is 66.7. The maximum atomic E-state index is 6.38. The SMILES string of the molecule is c1ccc(-c2ccc(Nc3ccc(-c4ccc5c(c4)c4c6c(ccc4n5-c4ccccc4)oc4ccccc46)cc3-c3ccccc3)cc2)cc1. The molecule has 0 spiro atoms. The molecule has 2 heterocycles. The molecule has 51 heavy (non-hydrogen) atoms. The number of benzene rings is 8. The van der Waals surface area contributed by atoms with Crippen LogP contribution in [0.4, 0.5) is 11.4 Å². The molecule has 0 fully saturated rings. The second kappa shape index (κ2) is 11.9. The van der Waals surface area contributed by atoms with Crippen LogP contribution in [0.3, 0.4) is 0 Å². The van der Waals surface area contributed by atoms with Crippen LogP contribution >= 0.6 is 0 Å². The minimum absolute atomic E-state index is 0.903. The summed E-state index contributed by atoms with van der Waals surface area (Å²) in [6.07, 6.45) is 0. The Kier molecular flexibility index (Phi) is 6.81. The molecule has 8 aromatic carbocycles. The molecule has 0 unspecified atom stereocenters. The first-order valence-corrected chi connectivity index (χ1v) is 17.3. The van der Waals surface area contributed by atoms with Crippen LogP contribution in [0.5, 0.6) is 0 Å². The number of aromatic nitrogens is 1. The van der Waals surface area contributed by atoms with Gasteiger partial charge < -0.3 is 14.3 Å². The molecule has 0 aliphatic carbocycles. The van der Waals surface area contributed by atoms with Crippen LogP contribution in [0.25, 0.3) is 82.8 Å². The van der Waals surface area contributed by atoms with Gasteiger partial charge in [-0.15, -0.1) is 0 Å². The van der Waals surface area contributed by atoms with E-state index in [0.29, 0.717) is 0 Å². The van der Waals surface area contributed by atoms with E-state index < -0.39 is 0 Å². The molecule has 240 valence electrons. The van der Waals surface area contributed by atoms with E-state index in [2.05, 4.69) is 192 Å². The Hall–Kier alpha value is -6.84. The largest absolute Gasteiger partial charge is 0.456 e. The minimum Gasteiger partial charge on any atom is -0.456 e. The summed E-state index contributed by atoms with van der Waals surface area (Å²) in [6.45, 7) is 0. The van der Waals surface area contributed by atoms with Crippen LogP contribution in [0.2, 0.25) is 0 Å². The Labute approximate surface area is 295 Å². The normalized spacial score (nSPS) is 11.5. The fraction of sp³-hybridized carbons (Fsp3) is 0. The van der Waals surface area contributed by atoms with Crippen LogP contribution < -0.4 is 5.32 Å². The Morgan fingerprint density at radius 2 is 1.00 bits per heavy atom. The van der Waals surface area contributed by atoms with E-state index in [-0.39, 0.29) is 0 Å². The van der Waals surface area contributed by atoms with Gasteiger partial charge in [0.25, 0.3) is 0 Å². The van der Waals surface area contributed by atoms with Crippen molar-refractivity contribution in [1.29, 1.82) is 0 Å². The van der Waals surface area contributed by atoms with Gasteiger partial charge in [0.15, 0.2) is 0 Å². The third-order valence-corrected chi connectivity index (χ3v) is 9.99. The molecular formula is C48H32N2O. The van der Waals surface area contributed by atoms with Crippen LogP contribution in [-0.2, 0) is 0 Å². The lowest BCUT2D eigenvalue weighted by Crippen LogP contribution is -1.95. The lowest BCUT2D eigenvalue weighted by atomic mass is 9.96. The Morgan fingerprint density at radius 1 is 0.392 bits per heavy atom. The quantitative estimate of drug-likeness (QED) is 0.194. The number of para-hydroxylation sites is 2. The highest BCUT2D eigenvalue weighted by molar-refractivity contribution is 6.27. The average molecular weight is 653 g/mol. The first-order valence-electron chi connectivity index (χ1n) is 17.3. The van der Waals surface area contributed by atoms with Crippen molar-refractivity contribution in [1.82, 2.24) is 4.57 Å². The zero-order chi connectivity index (χ0) is 33.7. The van der Waals surface area contributed by atoms with Gasteiger partial charge in [0, 0.05) is 44.2 Å². The molecule has 10 rings (SSSR count). The van der Waals surface area contributed by atoms with Gasteiger partial charge in [0.2, 0.25) is 0 Å². The second-order valence-electron chi connectivity index (χ2n) is 13.0. The van der Waals surface area contributed by atoms with Crippen molar-refractivity contribution in [2.45, 2.75) is 0 Å². The highest BCUT2D eigenvalue weighted by Crippen LogP contribution is 2.43. The van der Waals surface area contributed by atoms with Gasteiger partial charge in [-0.1, -0.05) is 121 Å². The molecule has 1 N–H and O–H groups in total. The highest BCUT2D eigenvalue weighted by Gasteiger charge is 2.19. The number of hydrogen-bond donors (Lipinski definition) is 1. The molecule has 0 saturated carbocycles. The molecule has 0 saturated heterocycles. The van der Waals surface area contributed by atoms with Crippen molar-refractivity contribution in [2.75, 3.05) is 5.32 Å². The predicted octanol–water partition coefficient (Wildman–Crippen LogP) is 13.4. The van der Waals surface area contributed by atoms with Gasteiger partial charge in [-0.2, -0.15) is 0 Å². The van der Waals surface area contributed by atoms with Crippen molar-refractivity contribution >= 4 is 55.1 Å². The fourth-order valence-electron chi connectivity index (χ4n) is 7.58. The van der Waals surface area contributed by atoms with Gasteiger partial charge in [-0.25, -0.2) is 0 Å². The molecular weight excluding hydrogens is 621 g/mol. The summed E-state index contributed by atoms with van der Waals surface area (Å²) < 4.78 is 8.75. The van der Waals surface area contributed by atoms with Crippen molar-refractivity contribution in [3.63, 3.8) is 0 Å². The van der Waals surface area contributed by atoms with Crippen molar-refractivity contribution < 1.29 is 4.42 Å². The topological polar surface area (TPSA) is 30.1 Å². The van der Waals surface area contributed by atoms with E-state index in [9.17, 15) is 0 Å². The molecule has 3 heteroatoms. The number of anilines is 2. The highest BCUT2D eigenvalue weighted by atomic mass is 16.3. The number of nitrogens with zero attached hydrogens (tertiary/aromatic N) is 1. The monoisotopic (exact) mass is 652 g/mol. The molecule has 0 aliphatic heterocycles. The van der Waals surface area contributed by atoms with Crippen molar-refractivity contribution in [3.8, 4) is 39.1 Å². The lowest BCUT2D eigenvalue weighted by Gasteiger charge is -2.15. The van der Waals surface area contributed by atoms with Gasteiger partial charge >= 0.3 is 0 Å². The number of fused-ring (bicyclic) bond motifs is 7. The molecule has 0 atom stereocenters. The summed E-state index contributed by atoms with van der Waals surface area (Å²) in [4.78, 5) is 0. The first-order chi connectivity index (χ1) is 25.3. The lowest BCUT2D eigenvalue weighted by molar-refractivity contribution is 0.669. The fourth-order valence-corrected chi connectivity index (χ4v) is 7.58. The number of rotatable bonds is 6. The minimum atomic E-state index is 0.903. The summed E-state index contributed by atoms with van der Waals surface area (Å²) in [5.41, 5.74) is 14.4. The van der Waals surface area contributed by atoms with Crippen molar-refractivity contribution in [2.24, 2.45) is 0 Å². The van der Waals surface area contributed by atoms with E-state index >= 15 is 0 Å². The maximum Gasteiger partial charge on any atom is 0.136 e. The first kappa shape index (κ1) is 29.1. The summed E-state index contributed by atoms with van der Waals surface area (Å²) >= 11 is 0. The molecule has 2 aromatic heterocycles. The Morgan fingerprint density at radius 3 is 1.78 bits per heavy atom. The Bertz CT molecular complexity index is 2850.